The lowest BCUT2D eigenvalue weighted by molar-refractivity contribution is -0.119. The van der Waals surface area contributed by atoms with Gasteiger partial charge in [0, 0.05) is 11.5 Å². The molecule has 0 aromatic heterocycles. The zero-order valence-electron chi connectivity index (χ0n) is 7.92. The van der Waals surface area contributed by atoms with Crippen LogP contribution in [0.4, 0.5) is 0 Å². The van der Waals surface area contributed by atoms with Crippen LogP contribution in [0.25, 0.3) is 0 Å². The molecule has 0 spiro atoms. The van der Waals surface area contributed by atoms with Gasteiger partial charge in [-0.1, -0.05) is 31.2 Å². The van der Waals surface area contributed by atoms with Gasteiger partial charge < -0.3 is 0 Å². The third kappa shape index (κ3) is 1.51. The molecule has 13 heavy (non-hydrogen) atoms. The summed E-state index contributed by atoms with van der Waals surface area (Å²) in [5, 5.41) is 0. The molecule has 1 unspecified atom stereocenters. The molecule has 0 aromatic carbocycles. The molecule has 1 nitrogen and oxygen atoms in total. The van der Waals surface area contributed by atoms with Crippen LogP contribution >= 0.6 is 0 Å². The van der Waals surface area contributed by atoms with E-state index in [2.05, 4.69) is 24.3 Å². The van der Waals surface area contributed by atoms with Crippen LogP contribution in [0.5, 0.6) is 0 Å². The standard InChI is InChI=1S/C12H14O/c1-9-7-8-10-5-3-2-4-6-11(10)12(9)13/h2-3,5-6,9H,4,7-8H2,1H3. The molecule has 68 valence electrons. The fraction of sp³-hybridized carbons (Fsp3) is 0.417. The maximum atomic E-state index is 11.8. The molecule has 0 aliphatic heterocycles. The summed E-state index contributed by atoms with van der Waals surface area (Å²) in [6, 6.07) is 0. The SMILES string of the molecule is CC1CCC2=CC=CCC=C2C1=O. The Morgan fingerprint density at radius 1 is 1.46 bits per heavy atom. The molecular weight excluding hydrogens is 160 g/mol. The molecule has 2 aliphatic carbocycles. The first-order valence-electron chi connectivity index (χ1n) is 4.89. The summed E-state index contributed by atoms with van der Waals surface area (Å²) in [6.07, 6.45) is 11.3. The van der Waals surface area contributed by atoms with E-state index in [1.807, 2.05) is 6.92 Å². The van der Waals surface area contributed by atoms with E-state index in [1.54, 1.807) is 0 Å². The normalized spacial score (nSPS) is 27.5. The average molecular weight is 174 g/mol. The van der Waals surface area contributed by atoms with Crippen molar-refractivity contribution in [3.05, 3.63) is 35.5 Å². The Bertz CT molecular complexity index is 318. The molecule has 0 radical (unpaired) electrons. The fourth-order valence-corrected chi connectivity index (χ4v) is 1.91. The first kappa shape index (κ1) is 8.49. The van der Waals surface area contributed by atoms with Crippen molar-refractivity contribution in [2.45, 2.75) is 26.2 Å². The van der Waals surface area contributed by atoms with Gasteiger partial charge in [-0.05, 0) is 24.8 Å². The first-order valence-corrected chi connectivity index (χ1v) is 4.89. The highest BCUT2D eigenvalue weighted by molar-refractivity contribution is 6.02. The lowest BCUT2D eigenvalue weighted by Crippen LogP contribution is -2.20. The smallest absolute Gasteiger partial charge is 0.165 e. The van der Waals surface area contributed by atoms with Crippen LogP contribution in [-0.2, 0) is 4.79 Å². The van der Waals surface area contributed by atoms with E-state index in [0.29, 0.717) is 5.78 Å². The molecule has 0 amide bonds. The fourth-order valence-electron chi connectivity index (χ4n) is 1.91. The van der Waals surface area contributed by atoms with E-state index in [4.69, 9.17) is 0 Å². The summed E-state index contributed by atoms with van der Waals surface area (Å²) in [7, 11) is 0. The second-order valence-electron chi connectivity index (χ2n) is 3.78. The van der Waals surface area contributed by atoms with Gasteiger partial charge in [0.25, 0.3) is 0 Å². The highest BCUT2D eigenvalue weighted by atomic mass is 16.1. The number of allylic oxidation sites excluding steroid dienone is 6. The van der Waals surface area contributed by atoms with Gasteiger partial charge in [-0.2, -0.15) is 0 Å². The number of Topliss-reactive ketones (excluding diaryl/α,β-unsaturated/α-hetero) is 1. The van der Waals surface area contributed by atoms with Gasteiger partial charge >= 0.3 is 0 Å². The van der Waals surface area contributed by atoms with Gasteiger partial charge in [0.2, 0.25) is 0 Å². The summed E-state index contributed by atoms with van der Waals surface area (Å²) in [5.74, 6) is 0.558. The second kappa shape index (κ2) is 3.33. The molecule has 1 heteroatoms. The first-order chi connectivity index (χ1) is 6.29. The number of hydrogen-bond donors (Lipinski definition) is 0. The third-order valence-corrected chi connectivity index (χ3v) is 2.80. The monoisotopic (exact) mass is 174 g/mol. The molecule has 1 saturated carbocycles. The molecule has 0 bridgehead atoms. The van der Waals surface area contributed by atoms with Crippen LogP contribution in [0, 0.1) is 5.92 Å². The summed E-state index contributed by atoms with van der Waals surface area (Å²) in [4.78, 5) is 11.8. The minimum atomic E-state index is 0.224. The zero-order chi connectivity index (χ0) is 9.26. The van der Waals surface area contributed by atoms with Crippen molar-refractivity contribution in [3.63, 3.8) is 0 Å². The lowest BCUT2D eigenvalue weighted by atomic mass is 9.81. The molecule has 2 aliphatic rings. The van der Waals surface area contributed by atoms with Crippen LogP contribution < -0.4 is 0 Å². The van der Waals surface area contributed by atoms with Crippen molar-refractivity contribution in [2.75, 3.05) is 0 Å². The predicted octanol–water partition coefficient (Wildman–Crippen LogP) is 2.80. The molecular formula is C12H14O. The van der Waals surface area contributed by atoms with Crippen molar-refractivity contribution in [2.24, 2.45) is 5.92 Å². The predicted molar refractivity (Wildman–Crippen MR) is 53.3 cm³/mol. The number of carbonyl (C=O) groups excluding carboxylic acids is 1. The van der Waals surface area contributed by atoms with E-state index in [-0.39, 0.29) is 5.92 Å². The Morgan fingerprint density at radius 3 is 3.15 bits per heavy atom. The largest absolute Gasteiger partial charge is 0.294 e. The van der Waals surface area contributed by atoms with Gasteiger partial charge in [0.1, 0.15) is 0 Å². The quantitative estimate of drug-likeness (QED) is 0.552. The molecule has 1 atom stereocenters. The van der Waals surface area contributed by atoms with Crippen LogP contribution in [0.2, 0.25) is 0 Å². The Hall–Kier alpha value is -1.11. The molecule has 0 saturated heterocycles. The van der Waals surface area contributed by atoms with Gasteiger partial charge in [-0.15, -0.1) is 0 Å². The number of ketones is 1. The summed E-state index contributed by atoms with van der Waals surface area (Å²) < 4.78 is 0. The average Bonchev–Trinajstić information content (AvgIpc) is 2.36. The Kier molecular flexibility index (Phi) is 2.17. The van der Waals surface area contributed by atoms with Gasteiger partial charge in [0.15, 0.2) is 5.78 Å². The lowest BCUT2D eigenvalue weighted by Gasteiger charge is -2.21. The summed E-state index contributed by atoms with van der Waals surface area (Å²) in [5.41, 5.74) is 2.21. The molecule has 2 rings (SSSR count). The van der Waals surface area contributed by atoms with Crippen LogP contribution in [0.15, 0.2) is 35.5 Å². The number of rotatable bonds is 0. The van der Waals surface area contributed by atoms with E-state index in [0.717, 1.165) is 24.8 Å². The highest BCUT2D eigenvalue weighted by Gasteiger charge is 2.25. The minimum Gasteiger partial charge on any atom is -0.294 e. The number of carbonyl (C=O) groups is 1. The van der Waals surface area contributed by atoms with Gasteiger partial charge in [-0.3, -0.25) is 4.79 Å². The van der Waals surface area contributed by atoms with E-state index < -0.39 is 0 Å². The Morgan fingerprint density at radius 2 is 2.31 bits per heavy atom. The van der Waals surface area contributed by atoms with Crippen LogP contribution in [-0.4, -0.2) is 5.78 Å². The van der Waals surface area contributed by atoms with Gasteiger partial charge in [0.05, 0.1) is 0 Å². The number of fused-ring (bicyclic) bond motifs is 1. The van der Waals surface area contributed by atoms with E-state index >= 15 is 0 Å². The van der Waals surface area contributed by atoms with Crippen LogP contribution in [0.1, 0.15) is 26.2 Å². The molecule has 0 N–H and O–H groups in total. The van der Waals surface area contributed by atoms with E-state index in [9.17, 15) is 4.79 Å². The maximum Gasteiger partial charge on any atom is 0.165 e. The minimum absolute atomic E-state index is 0.224. The van der Waals surface area contributed by atoms with Crippen molar-refractivity contribution in [1.82, 2.24) is 0 Å². The zero-order valence-corrected chi connectivity index (χ0v) is 7.92. The van der Waals surface area contributed by atoms with Gasteiger partial charge in [-0.25, -0.2) is 0 Å². The maximum absolute atomic E-state index is 11.8. The molecule has 0 heterocycles. The molecule has 1 fully saturated rings. The van der Waals surface area contributed by atoms with Crippen LogP contribution in [0.3, 0.4) is 0 Å². The Labute approximate surface area is 78.8 Å². The Balaban J connectivity index is 2.36. The second-order valence-corrected chi connectivity index (χ2v) is 3.78. The topological polar surface area (TPSA) is 17.1 Å². The van der Waals surface area contributed by atoms with Crippen molar-refractivity contribution in [3.8, 4) is 0 Å². The van der Waals surface area contributed by atoms with Crippen molar-refractivity contribution in [1.29, 1.82) is 0 Å². The van der Waals surface area contributed by atoms with Crippen molar-refractivity contribution >= 4 is 5.78 Å². The third-order valence-electron chi connectivity index (χ3n) is 2.80. The van der Waals surface area contributed by atoms with E-state index in [1.165, 1.54) is 5.57 Å². The molecule has 0 aromatic rings. The summed E-state index contributed by atoms with van der Waals surface area (Å²) >= 11 is 0. The highest BCUT2D eigenvalue weighted by Crippen LogP contribution is 2.31. The summed E-state index contributed by atoms with van der Waals surface area (Å²) in [6.45, 7) is 2.03. The van der Waals surface area contributed by atoms with Crippen molar-refractivity contribution < 1.29 is 4.79 Å². The number of hydrogen-bond acceptors (Lipinski definition) is 1.